The molecule has 0 unspecified atom stereocenters. The predicted molar refractivity (Wildman–Crippen MR) is 59.1 cm³/mol. The first kappa shape index (κ1) is 12.4. The summed E-state index contributed by atoms with van der Waals surface area (Å²) in [5.74, 6) is -1.36. The van der Waals surface area contributed by atoms with Gasteiger partial charge in [0.05, 0.1) is 4.92 Å². The molecule has 0 fully saturated rings. The Balaban J connectivity index is 3.35. The van der Waals surface area contributed by atoms with E-state index in [9.17, 15) is 14.9 Å². The molecule has 1 N–H and O–H groups in total. The van der Waals surface area contributed by atoms with Gasteiger partial charge in [-0.2, -0.15) is 5.26 Å². The van der Waals surface area contributed by atoms with Crippen molar-refractivity contribution in [2.24, 2.45) is 0 Å². The van der Waals surface area contributed by atoms with Crippen molar-refractivity contribution in [3.63, 3.8) is 0 Å². The van der Waals surface area contributed by atoms with Crippen LogP contribution in [0.3, 0.4) is 0 Å². The number of carboxylic acid groups (broad SMARTS) is 1. The lowest BCUT2D eigenvalue weighted by Crippen LogP contribution is -1.99. The maximum absolute atomic E-state index is 10.7. The van der Waals surface area contributed by atoms with Gasteiger partial charge in [0.15, 0.2) is 0 Å². The maximum Gasteiger partial charge on any atom is 0.346 e. The van der Waals surface area contributed by atoms with Crippen LogP contribution in [0.25, 0.3) is 6.08 Å². The lowest BCUT2D eigenvalue weighted by Gasteiger charge is -2.01. The average molecular weight is 232 g/mol. The molecule has 1 rings (SSSR count). The van der Waals surface area contributed by atoms with Crippen LogP contribution in [0.4, 0.5) is 5.69 Å². The Kier molecular flexibility index (Phi) is 3.57. The van der Waals surface area contributed by atoms with Gasteiger partial charge < -0.3 is 5.11 Å². The number of nitro benzene ring substituents is 1. The van der Waals surface area contributed by atoms with Gasteiger partial charge >= 0.3 is 5.97 Å². The molecule has 0 saturated heterocycles. The molecule has 1 aromatic carbocycles. The van der Waals surface area contributed by atoms with Gasteiger partial charge in [0.2, 0.25) is 0 Å². The van der Waals surface area contributed by atoms with Crippen LogP contribution in [0.2, 0.25) is 0 Å². The standard InChI is InChI=1S/C11H8N2O4/c1-7-8(5-9(6-12)11(14)15)3-2-4-10(7)13(16)17/h2-5H,1H3,(H,14,15). The minimum Gasteiger partial charge on any atom is -0.477 e. The fourth-order valence-electron chi connectivity index (χ4n) is 1.29. The van der Waals surface area contributed by atoms with Gasteiger partial charge in [0, 0.05) is 11.6 Å². The van der Waals surface area contributed by atoms with E-state index in [0.29, 0.717) is 11.1 Å². The fraction of sp³-hybridized carbons (Fsp3) is 0.0909. The minimum atomic E-state index is -1.36. The van der Waals surface area contributed by atoms with Gasteiger partial charge in [-0.05, 0) is 18.6 Å². The van der Waals surface area contributed by atoms with Crippen LogP contribution in [-0.2, 0) is 4.79 Å². The molecule has 0 bridgehead atoms. The van der Waals surface area contributed by atoms with Crippen molar-refractivity contribution in [2.45, 2.75) is 6.92 Å². The molecule has 0 aliphatic carbocycles. The zero-order valence-corrected chi connectivity index (χ0v) is 8.88. The minimum absolute atomic E-state index is 0.110. The molecular weight excluding hydrogens is 224 g/mol. The van der Waals surface area contributed by atoms with E-state index in [0.717, 1.165) is 6.08 Å². The highest BCUT2D eigenvalue weighted by molar-refractivity contribution is 5.96. The van der Waals surface area contributed by atoms with E-state index in [-0.39, 0.29) is 5.69 Å². The second kappa shape index (κ2) is 4.90. The van der Waals surface area contributed by atoms with Crippen LogP contribution in [0.15, 0.2) is 23.8 Å². The Morgan fingerprint density at radius 3 is 2.71 bits per heavy atom. The molecule has 0 saturated carbocycles. The molecule has 6 nitrogen and oxygen atoms in total. The van der Waals surface area contributed by atoms with Crippen molar-refractivity contribution in [1.82, 2.24) is 0 Å². The van der Waals surface area contributed by atoms with E-state index < -0.39 is 16.5 Å². The number of rotatable bonds is 3. The van der Waals surface area contributed by atoms with Crippen LogP contribution in [0.1, 0.15) is 11.1 Å². The SMILES string of the molecule is Cc1c(C=C(C#N)C(=O)O)cccc1[N+](=O)[O-]. The number of aliphatic carboxylic acids is 1. The second-order valence-electron chi connectivity index (χ2n) is 3.22. The first-order valence-corrected chi connectivity index (χ1v) is 4.56. The Morgan fingerprint density at radius 2 is 2.24 bits per heavy atom. The number of nitriles is 1. The van der Waals surface area contributed by atoms with Gasteiger partial charge in [-0.1, -0.05) is 12.1 Å². The molecule has 6 heteroatoms. The quantitative estimate of drug-likeness (QED) is 0.371. The van der Waals surface area contributed by atoms with Crippen LogP contribution in [-0.4, -0.2) is 16.0 Å². The molecular formula is C11H8N2O4. The van der Waals surface area contributed by atoms with E-state index >= 15 is 0 Å². The van der Waals surface area contributed by atoms with E-state index in [1.54, 1.807) is 0 Å². The molecule has 0 aromatic heterocycles. The van der Waals surface area contributed by atoms with E-state index in [4.69, 9.17) is 10.4 Å². The molecule has 0 radical (unpaired) electrons. The van der Waals surface area contributed by atoms with Crippen LogP contribution in [0, 0.1) is 28.4 Å². The van der Waals surface area contributed by atoms with Gasteiger partial charge in [-0.15, -0.1) is 0 Å². The molecule has 0 amide bonds. The Morgan fingerprint density at radius 1 is 1.59 bits per heavy atom. The summed E-state index contributed by atoms with van der Waals surface area (Å²) >= 11 is 0. The lowest BCUT2D eigenvalue weighted by atomic mass is 10.0. The lowest BCUT2D eigenvalue weighted by molar-refractivity contribution is -0.385. The van der Waals surface area contributed by atoms with Gasteiger partial charge in [0.25, 0.3) is 5.69 Å². The number of nitro groups is 1. The highest BCUT2D eigenvalue weighted by Gasteiger charge is 2.13. The highest BCUT2D eigenvalue weighted by atomic mass is 16.6. The predicted octanol–water partition coefficient (Wildman–Crippen LogP) is 1.89. The average Bonchev–Trinajstić information content (AvgIpc) is 2.26. The summed E-state index contributed by atoms with van der Waals surface area (Å²) < 4.78 is 0. The normalized spacial score (nSPS) is 10.7. The molecule has 0 atom stereocenters. The maximum atomic E-state index is 10.7. The van der Waals surface area contributed by atoms with Gasteiger partial charge in [-0.3, -0.25) is 10.1 Å². The van der Waals surface area contributed by atoms with Crippen LogP contribution >= 0.6 is 0 Å². The van der Waals surface area contributed by atoms with Gasteiger partial charge in [0.1, 0.15) is 11.6 Å². The number of carbonyl (C=O) groups is 1. The van der Waals surface area contributed by atoms with Crippen molar-refractivity contribution in [3.05, 3.63) is 45.0 Å². The summed E-state index contributed by atoms with van der Waals surface area (Å²) in [5.41, 5.74) is 0.0969. The molecule has 17 heavy (non-hydrogen) atoms. The summed E-state index contributed by atoms with van der Waals surface area (Å²) in [5, 5.41) is 27.9. The highest BCUT2D eigenvalue weighted by Crippen LogP contribution is 2.22. The molecule has 0 aliphatic rings. The molecule has 86 valence electrons. The summed E-state index contributed by atoms with van der Waals surface area (Å²) in [7, 11) is 0. The van der Waals surface area contributed by atoms with Crippen molar-refractivity contribution in [1.29, 1.82) is 5.26 Å². The number of nitrogens with zero attached hydrogens (tertiary/aromatic N) is 2. The van der Waals surface area contributed by atoms with Crippen LogP contribution < -0.4 is 0 Å². The zero-order chi connectivity index (χ0) is 13.0. The van der Waals surface area contributed by atoms with Crippen molar-refractivity contribution in [3.8, 4) is 6.07 Å². The van der Waals surface area contributed by atoms with Crippen LogP contribution in [0.5, 0.6) is 0 Å². The molecule has 0 aliphatic heterocycles. The topological polar surface area (TPSA) is 104 Å². The molecule has 1 aromatic rings. The number of hydrogen-bond donors (Lipinski definition) is 1. The van der Waals surface area contributed by atoms with Crippen molar-refractivity contribution < 1.29 is 14.8 Å². The number of benzene rings is 1. The Labute approximate surface area is 96.6 Å². The van der Waals surface area contributed by atoms with E-state index in [1.807, 2.05) is 0 Å². The summed E-state index contributed by atoms with van der Waals surface area (Å²) in [4.78, 5) is 20.8. The smallest absolute Gasteiger partial charge is 0.346 e. The third-order valence-electron chi connectivity index (χ3n) is 2.19. The Bertz CT molecular complexity index is 555. The van der Waals surface area contributed by atoms with E-state index in [1.165, 1.54) is 31.2 Å². The third-order valence-corrected chi connectivity index (χ3v) is 2.19. The third kappa shape index (κ3) is 2.66. The number of carboxylic acids is 1. The fourth-order valence-corrected chi connectivity index (χ4v) is 1.29. The zero-order valence-electron chi connectivity index (χ0n) is 8.88. The van der Waals surface area contributed by atoms with E-state index in [2.05, 4.69) is 0 Å². The summed E-state index contributed by atoms with van der Waals surface area (Å²) in [6.07, 6.45) is 1.12. The Hall–Kier alpha value is -2.68. The summed E-state index contributed by atoms with van der Waals surface area (Å²) in [6.45, 7) is 1.50. The second-order valence-corrected chi connectivity index (χ2v) is 3.22. The first-order chi connectivity index (χ1) is 7.97. The van der Waals surface area contributed by atoms with Crippen molar-refractivity contribution in [2.75, 3.05) is 0 Å². The summed E-state index contributed by atoms with van der Waals surface area (Å²) in [6, 6.07) is 5.79. The molecule has 0 spiro atoms. The monoisotopic (exact) mass is 232 g/mol. The number of hydrogen-bond acceptors (Lipinski definition) is 4. The van der Waals surface area contributed by atoms with Gasteiger partial charge in [-0.25, -0.2) is 4.79 Å². The first-order valence-electron chi connectivity index (χ1n) is 4.56. The largest absolute Gasteiger partial charge is 0.477 e. The molecule has 0 heterocycles. The van der Waals surface area contributed by atoms with Crippen molar-refractivity contribution >= 4 is 17.7 Å².